The van der Waals surface area contributed by atoms with E-state index in [2.05, 4.69) is 0 Å². The second-order valence-electron chi connectivity index (χ2n) is 2.33. The molecular weight excluding hydrogens is 200 g/mol. The molecule has 0 atom stereocenters. The SMILES string of the molecule is NC(=O)[CH]c1cc(F)c(Cl)cc1F. The molecule has 0 aliphatic heterocycles. The second kappa shape index (κ2) is 3.70. The molecule has 0 saturated heterocycles. The first-order chi connectivity index (χ1) is 6.00. The van der Waals surface area contributed by atoms with Gasteiger partial charge in [-0.3, -0.25) is 4.79 Å². The van der Waals surface area contributed by atoms with Crippen molar-refractivity contribution < 1.29 is 13.6 Å². The van der Waals surface area contributed by atoms with Gasteiger partial charge >= 0.3 is 0 Å². The Labute approximate surface area is 78.3 Å². The molecule has 13 heavy (non-hydrogen) atoms. The third-order valence-electron chi connectivity index (χ3n) is 1.34. The van der Waals surface area contributed by atoms with Crippen LogP contribution in [0.3, 0.4) is 0 Å². The lowest BCUT2D eigenvalue weighted by atomic mass is 10.1. The molecular formula is C8H5ClF2NO. The maximum absolute atomic E-state index is 12.9. The van der Waals surface area contributed by atoms with Crippen molar-refractivity contribution in [2.75, 3.05) is 0 Å². The van der Waals surface area contributed by atoms with E-state index in [0.29, 0.717) is 0 Å². The van der Waals surface area contributed by atoms with Gasteiger partial charge in [-0.05, 0) is 12.1 Å². The molecule has 0 aliphatic rings. The Morgan fingerprint density at radius 3 is 2.54 bits per heavy atom. The summed E-state index contributed by atoms with van der Waals surface area (Å²) in [6.07, 6.45) is 0.786. The standard InChI is InChI=1S/C8H5ClF2NO/c9-5-3-6(10)4(1-7(5)11)2-8(12)13/h1-3H,(H2,12,13). The Morgan fingerprint density at radius 1 is 1.38 bits per heavy atom. The Balaban J connectivity index is 3.08. The van der Waals surface area contributed by atoms with Crippen molar-refractivity contribution in [3.05, 3.63) is 40.8 Å². The van der Waals surface area contributed by atoms with Crippen molar-refractivity contribution in [2.45, 2.75) is 0 Å². The first-order valence-corrected chi connectivity index (χ1v) is 3.67. The van der Waals surface area contributed by atoms with Crippen LogP contribution in [0.1, 0.15) is 5.56 Å². The van der Waals surface area contributed by atoms with Crippen LogP contribution in [0.2, 0.25) is 5.02 Å². The second-order valence-corrected chi connectivity index (χ2v) is 2.74. The highest BCUT2D eigenvalue weighted by molar-refractivity contribution is 6.30. The van der Waals surface area contributed by atoms with Gasteiger partial charge in [0.15, 0.2) is 0 Å². The van der Waals surface area contributed by atoms with Crippen molar-refractivity contribution in [3.63, 3.8) is 0 Å². The highest BCUT2D eigenvalue weighted by atomic mass is 35.5. The van der Waals surface area contributed by atoms with Gasteiger partial charge in [-0.15, -0.1) is 0 Å². The number of hydrogen-bond donors (Lipinski definition) is 1. The predicted molar refractivity (Wildman–Crippen MR) is 44.0 cm³/mol. The van der Waals surface area contributed by atoms with Crippen molar-refractivity contribution in [3.8, 4) is 0 Å². The average Bonchev–Trinajstić information content (AvgIpc) is 1.99. The zero-order valence-electron chi connectivity index (χ0n) is 6.35. The van der Waals surface area contributed by atoms with Crippen molar-refractivity contribution >= 4 is 17.5 Å². The van der Waals surface area contributed by atoms with Crippen LogP contribution in [0.5, 0.6) is 0 Å². The van der Waals surface area contributed by atoms with Crippen LogP contribution < -0.4 is 5.73 Å². The number of rotatable bonds is 2. The summed E-state index contributed by atoms with van der Waals surface area (Å²) in [4.78, 5) is 10.4. The molecule has 0 fully saturated rings. The molecule has 1 amide bonds. The third kappa shape index (κ3) is 2.39. The Bertz CT molecular complexity index is 354. The van der Waals surface area contributed by atoms with Gasteiger partial charge in [0, 0.05) is 5.56 Å². The van der Waals surface area contributed by atoms with Crippen LogP contribution >= 0.6 is 11.6 Å². The van der Waals surface area contributed by atoms with Gasteiger partial charge < -0.3 is 5.73 Å². The fourth-order valence-electron chi connectivity index (χ4n) is 0.802. The lowest BCUT2D eigenvalue weighted by molar-refractivity contribution is -0.114. The number of primary amides is 1. The number of halogens is 3. The van der Waals surface area contributed by atoms with E-state index in [1.54, 1.807) is 0 Å². The first kappa shape index (κ1) is 9.92. The number of carbonyl (C=O) groups excluding carboxylic acids is 1. The molecule has 5 heteroatoms. The van der Waals surface area contributed by atoms with E-state index in [1.165, 1.54) is 0 Å². The Kier molecular flexibility index (Phi) is 2.83. The summed E-state index contributed by atoms with van der Waals surface area (Å²) in [7, 11) is 0. The van der Waals surface area contributed by atoms with Crippen molar-refractivity contribution in [1.82, 2.24) is 0 Å². The van der Waals surface area contributed by atoms with E-state index in [-0.39, 0.29) is 10.6 Å². The minimum atomic E-state index is -0.847. The van der Waals surface area contributed by atoms with Crippen LogP contribution in [0.15, 0.2) is 12.1 Å². The molecule has 1 radical (unpaired) electrons. The fraction of sp³-hybridized carbons (Fsp3) is 0. The number of carbonyl (C=O) groups is 1. The number of hydrogen-bond acceptors (Lipinski definition) is 1. The zero-order valence-corrected chi connectivity index (χ0v) is 7.11. The van der Waals surface area contributed by atoms with Crippen molar-refractivity contribution in [1.29, 1.82) is 0 Å². The van der Waals surface area contributed by atoms with Crippen molar-refractivity contribution in [2.24, 2.45) is 5.73 Å². The molecule has 1 aromatic carbocycles. The summed E-state index contributed by atoms with van der Waals surface area (Å²) < 4.78 is 25.6. The van der Waals surface area contributed by atoms with Crippen LogP contribution in [-0.2, 0) is 4.79 Å². The summed E-state index contributed by atoms with van der Waals surface area (Å²) in [6, 6.07) is 1.59. The Hall–Kier alpha value is -1.16. The average molecular weight is 205 g/mol. The van der Waals surface area contributed by atoms with Gasteiger partial charge in [0.25, 0.3) is 0 Å². The molecule has 0 bridgehead atoms. The number of nitrogens with two attached hydrogens (primary N) is 1. The lowest BCUT2D eigenvalue weighted by Gasteiger charge is -2.01. The van der Waals surface area contributed by atoms with E-state index in [9.17, 15) is 13.6 Å². The molecule has 0 heterocycles. The zero-order chi connectivity index (χ0) is 10.0. The molecule has 2 N–H and O–H groups in total. The summed E-state index contributed by atoms with van der Waals surface area (Å²) in [6.45, 7) is 0. The summed E-state index contributed by atoms with van der Waals surface area (Å²) in [5, 5.41) is -0.334. The highest BCUT2D eigenvalue weighted by Gasteiger charge is 2.10. The molecule has 69 valence electrons. The van der Waals surface area contributed by atoms with Gasteiger partial charge in [-0.1, -0.05) is 11.6 Å². The molecule has 0 spiro atoms. The van der Waals surface area contributed by atoms with E-state index >= 15 is 0 Å². The van der Waals surface area contributed by atoms with E-state index in [0.717, 1.165) is 18.6 Å². The minimum Gasteiger partial charge on any atom is -0.369 e. The third-order valence-corrected chi connectivity index (χ3v) is 1.63. The molecule has 0 aliphatic carbocycles. The van der Waals surface area contributed by atoms with Crippen LogP contribution in [0.4, 0.5) is 8.78 Å². The van der Waals surface area contributed by atoms with Crippen LogP contribution in [0, 0.1) is 18.1 Å². The van der Waals surface area contributed by atoms with Gasteiger partial charge in [-0.2, -0.15) is 0 Å². The summed E-state index contributed by atoms with van der Waals surface area (Å²) >= 11 is 5.28. The predicted octanol–water partition coefficient (Wildman–Crippen LogP) is 1.66. The lowest BCUT2D eigenvalue weighted by Crippen LogP contribution is -2.12. The van der Waals surface area contributed by atoms with Gasteiger partial charge in [0.05, 0.1) is 11.4 Å². The molecule has 2 nitrogen and oxygen atoms in total. The monoisotopic (exact) mass is 204 g/mol. The number of amides is 1. The largest absolute Gasteiger partial charge is 0.369 e. The van der Waals surface area contributed by atoms with Crippen LogP contribution in [-0.4, -0.2) is 5.91 Å². The van der Waals surface area contributed by atoms with E-state index in [1.807, 2.05) is 0 Å². The topological polar surface area (TPSA) is 43.1 Å². The maximum Gasteiger partial charge on any atom is 0.226 e. The molecule has 0 saturated carbocycles. The van der Waals surface area contributed by atoms with Gasteiger partial charge in [0.1, 0.15) is 11.6 Å². The molecule has 0 aromatic heterocycles. The first-order valence-electron chi connectivity index (χ1n) is 3.29. The number of benzene rings is 1. The fourth-order valence-corrected chi connectivity index (χ4v) is 0.952. The maximum atomic E-state index is 12.9. The molecule has 0 unspecified atom stereocenters. The Morgan fingerprint density at radius 2 is 2.00 bits per heavy atom. The highest BCUT2D eigenvalue weighted by Crippen LogP contribution is 2.19. The quantitative estimate of drug-likeness (QED) is 0.732. The summed E-state index contributed by atoms with van der Waals surface area (Å²) in [5.74, 6) is -2.43. The van der Waals surface area contributed by atoms with Gasteiger partial charge in [0.2, 0.25) is 5.91 Å². The summed E-state index contributed by atoms with van der Waals surface area (Å²) in [5.41, 5.74) is 4.55. The molecule has 1 rings (SSSR count). The van der Waals surface area contributed by atoms with E-state index in [4.69, 9.17) is 17.3 Å². The normalized spacial score (nSPS) is 10.1. The van der Waals surface area contributed by atoms with Gasteiger partial charge in [-0.25, -0.2) is 8.78 Å². The molecule has 1 aromatic rings. The minimum absolute atomic E-state index is 0.214. The smallest absolute Gasteiger partial charge is 0.226 e. The van der Waals surface area contributed by atoms with E-state index < -0.39 is 17.5 Å². The van der Waals surface area contributed by atoms with Crippen LogP contribution in [0.25, 0.3) is 0 Å².